The third-order valence-electron chi connectivity index (χ3n) is 0. The topological polar surface area (TPSA) is 17.1 Å². The molecule has 0 aromatic rings. The average molecular weight is 72.4 g/mol. The maximum absolute atomic E-state index is 8.57. The molecular weight excluding hydrogens is 70.4 g/mol. The van der Waals surface area contributed by atoms with Crippen LogP contribution in [-0.4, -0.2) is 5.75 Å². The Hall–Kier alpha value is 0.557. The molecule has 0 rings (SSSR count). The van der Waals surface area contributed by atoms with Crippen molar-refractivity contribution in [1.29, 1.82) is 0 Å². The molecule has 0 fully saturated rings. The molecule has 0 spiro atoms. The minimum Gasteiger partial charge on any atom is -1.00 e. The van der Waals surface area contributed by atoms with E-state index in [1.807, 2.05) is 0 Å². The fourth-order valence-corrected chi connectivity index (χ4v) is 0. The number of hydrogen-bond donors (Lipinski definition) is 0. The van der Waals surface area contributed by atoms with Crippen molar-refractivity contribution in [3.63, 3.8) is 0 Å². The second kappa shape index (κ2) is 9.59. The van der Waals surface area contributed by atoms with Crippen LogP contribution in [0.4, 0.5) is 0 Å². The van der Waals surface area contributed by atoms with E-state index in [0.717, 1.165) is 0 Å². The number of halogens is 1. The SMILES string of the molecule is O=CCl.[H-].[Li+]. The number of carbonyl (C=O) groups is 1. The molecule has 0 radical (unpaired) electrons. The van der Waals surface area contributed by atoms with Gasteiger partial charge in [0.15, 0.2) is 0 Å². The van der Waals surface area contributed by atoms with Gasteiger partial charge in [-0.2, -0.15) is 0 Å². The van der Waals surface area contributed by atoms with E-state index in [0.29, 0.717) is 0 Å². The van der Waals surface area contributed by atoms with Crippen LogP contribution in [0.2, 0.25) is 0 Å². The van der Waals surface area contributed by atoms with Crippen LogP contribution in [0.5, 0.6) is 0 Å². The smallest absolute Gasteiger partial charge is 1.00 e. The van der Waals surface area contributed by atoms with Gasteiger partial charge in [-0.15, -0.1) is 0 Å². The summed E-state index contributed by atoms with van der Waals surface area (Å²) in [7, 11) is 0. The van der Waals surface area contributed by atoms with E-state index in [4.69, 9.17) is 4.79 Å². The molecule has 0 N–H and O–H groups in total. The molecule has 0 heterocycles. The van der Waals surface area contributed by atoms with Crippen LogP contribution in [0.25, 0.3) is 0 Å². The van der Waals surface area contributed by atoms with Gasteiger partial charge in [0.2, 0.25) is 5.75 Å². The Morgan fingerprint density at radius 3 is 2.00 bits per heavy atom. The van der Waals surface area contributed by atoms with E-state index in [1.165, 1.54) is 0 Å². The predicted molar refractivity (Wildman–Crippen MR) is 13.7 cm³/mol. The Morgan fingerprint density at radius 2 is 2.00 bits per heavy atom. The van der Waals surface area contributed by atoms with Crippen LogP contribution in [0, 0.1) is 0 Å². The maximum atomic E-state index is 8.57. The second-order valence-corrected chi connectivity index (χ2v) is 0.267. The van der Waals surface area contributed by atoms with Crippen LogP contribution >= 0.6 is 11.6 Å². The minimum absolute atomic E-state index is 0. The summed E-state index contributed by atoms with van der Waals surface area (Å²) in [5.74, 6) is 0.222. The summed E-state index contributed by atoms with van der Waals surface area (Å²) >= 11 is 4.32. The third kappa shape index (κ3) is 20.0. The molecule has 0 unspecified atom stereocenters. The molecule has 0 aliphatic heterocycles. The van der Waals surface area contributed by atoms with Gasteiger partial charge in [0.1, 0.15) is 0 Å². The molecule has 0 saturated carbocycles. The van der Waals surface area contributed by atoms with E-state index < -0.39 is 0 Å². The van der Waals surface area contributed by atoms with Gasteiger partial charge in [-0.3, -0.25) is 4.79 Å². The quantitative estimate of drug-likeness (QED) is 0.176. The zero-order chi connectivity index (χ0) is 2.71. The molecule has 0 aliphatic rings. The van der Waals surface area contributed by atoms with E-state index in [9.17, 15) is 0 Å². The first-order valence-corrected chi connectivity index (χ1v) is 0.890. The van der Waals surface area contributed by atoms with E-state index in [-0.39, 0.29) is 26.0 Å². The van der Waals surface area contributed by atoms with Gasteiger partial charge in [-0.05, 0) is 11.6 Å². The van der Waals surface area contributed by atoms with Crippen molar-refractivity contribution >= 4 is 17.3 Å². The maximum Gasteiger partial charge on any atom is 1.00 e. The van der Waals surface area contributed by atoms with Crippen molar-refractivity contribution in [3.05, 3.63) is 0 Å². The van der Waals surface area contributed by atoms with Crippen LogP contribution < -0.4 is 18.9 Å². The molecule has 20 valence electrons. The Labute approximate surface area is 43.0 Å². The number of hydrogen-bond acceptors (Lipinski definition) is 1. The molecular formula is CH2ClLiO. The van der Waals surface area contributed by atoms with Gasteiger partial charge in [-0.25, -0.2) is 0 Å². The molecule has 4 heavy (non-hydrogen) atoms. The van der Waals surface area contributed by atoms with Crippen LogP contribution in [0.3, 0.4) is 0 Å². The van der Waals surface area contributed by atoms with Gasteiger partial charge in [0.05, 0.1) is 0 Å². The summed E-state index contributed by atoms with van der Waals surface area (Å²) in [6.07, 6.45) is 0. The Kier molecular flexibility index (Phi) is 21.1. The summed E-state index contributed by atoms with van der Waals surface area (Å²) in [6.45, 7) is 0. The first kappa shape index (κ1) is 8.82. The number of rotatable bonds is 0. The first-order valence-electron chi connectivity index (χ1n) is 0.454. The first-order chi connectivity index (χ1) is 1.41. The standard InChI is InChI=1S/CHClO.Li.H/c2-1-3;;/h1H;;/q;+1;-1. The van der Waals surface area contributed by atoms with Crippen LogP contribution in [0.1, 0.15) is 1.43 Å². The summed E-state index contributed by atoms with van der Waals surface area (Å²) in [5, 5.41) is 0. The van der Waals surface area contributed by atoms with Gasteiger partial charge in [0, 0.05) is 0 Å². The average Bonchev–Trinajstić information content (AvgIpc) is 0.918. The van der Waals surface area contributed by atoms with Crippen molar-refractivity contribution < 1.29 is 25.1 Å². The van der Waals surface area contributed by atoms with Crippen molar-refractivity contribution in [2.75, 3.05) is 0 Å². The monoisotopic (exact) mass is 72.0 g/mol. The molecule has 0 saturated heterocycles. The summed E-state index contributed by atoms with van der Waals surface area (Å²) < 4.78 is 0. The van der Waals surface area contributed by atoms with Crippen LogP contribution in [0.15, 0.2) is 0 Å². The third-order valence-corrected chi connectivity index (χ3v) is 0. The zero-order valence-corrected chi connectivity index (χ0v) is 3.12. The van der Waals surface area contributed by atoms with Crippen LogP contribution in [-0.2, 0) is 4.79 Å². The molecule has 1 nitrogen and oxygen atoms in total. The van der Waals surface area contributed by atoms with Gasteiger partial charge in [-0.1, -0.05) is 0 Å². The fourth-order valence-electron chi connectivity index (χ4n) is 0. The number of carbonyl (C=O) groups excluding carboxylic acids is 1. The van der Waals surface area contributed by atoms with Gasteiger partial charge >= 0.3 is 18.9 Å². The van der Waals surface area contributed by atoms with E-state index in [1.54, 1.807) is 0 Å². The minimum atomic E-state index is 0. The molecule has 0 bridgehead atoms. The molecule has 0 atom stereocenters. The largest absolute Gasteiger partial charge is 1.00 e. The Balaban J connectivity index is -0.0000000200. The Bertz CT molecular complexity index is 19.1. The van der Waals surface area contributed by atoms with E-state index in [2.05, 4.69) is 11.6 Å². The normalized spacial score (nSPS) is 3.25. The van der Waals surface area contributed by atoms with Crippen molar-refractivity contribution in [3.8, 4) is 0 Å². The van der Waals surface area contributed by atoms with Gasteiger partial charge < -0.3 is 1.43 Å². The molecule has 0 aromatic carbocycles. The van der Waals surface area contributed by atoms with Gasteiger partial charge in [0.25, 0.3) is 0 Å². The molecule has 0 amide bonds. The summed E-state index contributed by atoms with van der Waals surface area (Å²) in [6, 6.07) is 0. The molecule has 3 heteroatoms. The van der Waals surface area contributed by atoms with Crippen molar-refractivity contribution in [2.24, 2.45) is 0 Å². The molecule has 0 aliphatic carbocycles. The van der Waals surface area contributed by atoms with Crippen molar-refractivity contribution in [1.82, 2.24) is 0 Å². The van der Waals surface area contributed by atoms with Crippen molar-refractivity contribution in [2.45, 2.75) is 0 Å². The zero-order valence-electron chi connectivity index (χ0n) is 3.36. The predicted octanol–water partition coefficient (Wildman–Crippen LogP) is -2.47. The fraction of sp³-hybridized carbons (Fsp3) is 0. The Morgan fingerprint density at radius 1 is 2.00 bits per heavy atom. The second-order valence-electron chi connectivity index (χ2n) is 0.0891. The molecule has 0 aromatic heterocycles. The summed E-state index contributed by atoms with van der Waals surface area (Å²) in [4.78, 5) is 8.57. The van der Waals surface area contributed by atoms with E-state index >= 15 is 0 Å². The summed E-state index contributed by atoms with van der Waals surface area (Å²) in [5.41, 5.74) is 0.